The zero-order chi connectivity index (χ0) is 17.1. The monoisotopic (exact) mass is 380 g/mol. The fraction of sp³-hybridized carbons (Fsp3) is 0.176. The van der Waals surface area contributed by atoms with E-state index < -0.39 is 6.04 Å². The number of rotatable bonds is 3. The molecule has 24 heavy (non-hydrogen) atoms. The van der Waals surface area contributed by atoms with E-state index in [-0.39, 0.29) is 11.8 Å². The van der Waals surface area contributed by atoms with E-state index in [0.717, 1.165) is 0 Å². The molecule has 1 atom stereocenters. The Kier molecular flexibility index (Phi) is 5.33. The zero-order valence-corrected chi connectivity index (χ0v) is 14.9. The van der Waals surface area contributed by atoms with Gasteiger partial charge in [0.15, 0.2) is 0 Å². The maximum Gasteiger partial charge on any atom is 0.255 e. The number of halogens is 2. The summed E-state index contributed by atoms with van der Waals surface area (Å²) in [6.07, 6.45) is 0. The molecule has 0 bridgehead atoms. The van der Waals surface area contributed by atoms with Gasteiger partial charge in [0.1, 0.15) is 6.04 Å². The van der Waals surface area contributed by atoms with Gasteiger partial charge in [0, 0.05) is 17.0 Å². The van der Waals surface area contributed by atoms with E-state index in [1.807, 2.05) is 6.07 Å². The molecule has 124 valence electrons. The molecule has 1 fully saturated rings. The van der Waals surface area contributed by atoms with Gasteiger partial charge >= 0.3 is 0 Å². The minimum atomic E-state index is -0.517. The number of thioether (sulfide) groups is 1. The van der Waals surface area contributed by atoms with Crippen molar-refractivity contribution < 1.29 is 9.59 Å². The fourth-order valence-electron chi connectivity index (χ4n) is 2.41. The minimum absolute atomic E-state index is 0.144. The summed E-state index contributed by atoms with van der Waals surface area (Å²) in [6, 6.07) is 13.3. The second-order valence-corrected chi connectivity index (χ2v) is 7.09. The average molecular weight is 381 g/mol. The van der Waals surface area contributed by atoms with Gasteiger partial charge in [-0.25, -0.2) is 0 Å². The van der Waals surface area contributed by atoms with Crippen LogP contribution >= 0.6 is 35.0 Å². The van der Waals surface area contributed by atoms with Gasteiger partial charge in [0.05, 0.1) is 15.9 Å². The molecule has 0 aromatic heterocycles. The Labute approximate surface area is 154 Å². The van der Waals surface area contributed by atoms with E-state index in [2.05, 4.69) is 5.32 Å². The SMILES string of the molecule is O=C(Nc1ccc(Cl)c(Cl)c1)C1CSCN1C(=O)c1ccccc1. The molecule has 0 spiro atoms. The molecule has 1 aliphatic rings. The first-order valence-corrected chi connectivity index (χ1v) is 9.17. The van der Waals surface area contributed by atoms with E-state index in [4.69, 9.17) is 23.2 Å². The van der Waals surface area contributed by atoms with Crippen molar-refractivity contribution in [2.24, 2.45) is 0 Å². The molecule has 1 aliphatic heterocycles. The van der Waals surface area contributed by atoms with Gasteiger partial charge in [-0.3, -0.25) is 9.59 Å². The maximum absolute atomic E-state index is 12.6. The number of carbonyl (C=O) groups is 2. The molecule has 0 aliphatic carbocycles. The molecule has 0 saturated carbocycles. The number of nitrogens with one attached hydrogen (secondary N) is 1. The number of carbonyl (C=O) groups excluding carboxylic acids is 2. The van der Waals surface area contributed by atoms with Gasteiger partial charge in [0.2, 0.25) is 5.91 Å². The van der Waals surface area contributed by atoms with Gasteiger partial charge in [-0.1, -0.05) is 41.4 Å². The van der Waals surface area contributed by atoms with Crippen LogP contribution in [0.15, 0.2) is 48.5 Å². The van der Waals surface area contributed by atoms with Crippen LogP contribution in [-0.2, 0) is 4.79 Å². The minimum Gasteiger partial charge on any atom is -0.324 e. The smallest absolute Gasteiger partial charge is 0.255 e. The molecule has 2 amide bonds. The summed E-state index contributed by atoms with van der Waals surface area (Å²) in [4.78, 5) is 26.8. The number of nitrogens with zero attached hydrogens (tertiary/aromatic N) is 1. The summed E-state index contributed by atoms with van der Waals surface area (Å²) in [5.74, 6) is 0.677. The lowest BCUT2D eigenvalue weighted by Gasteiger charge is -2.23. The Hall–Kier alpha value is -1.69. The van der Waals surface area contributed by atoms with Crippen molar-refractivity contribution in [3.63, 3.8) is 0 Å². The molecular weight excluding hydrogens is 367 g/mol. The average Bonchev–Trinajstić information content (AvgIpc) is 3.08. The van der Waals surface area contributed by atoms with E-state index in [9.17, 15) is 9.59 Å². The highest BCUT2D eigenvalue weighted by atomic mass is 35.5. The van der Waals surface area contributed by atoms with Crippen molar-refractivity contribution in [3.05, 3.63) is 64.1 Å². The first-order chi connectivity index (χ1) is 11.6. The normalized spacial score (nSPS) is 16.9. The molecule has 1 heterocycles. The highest BCUT2D eigenvalue weighted by Crippen LogP contribution is 2.27. The maximum atomic E-state index is 12.6. The molecule has 2 aromatic rings. The summed E-state index contributed by atoms with van der Waals surface area (Å²) in [6.45, 7) is 0. The largest absolute Gasteiger partial charge is 0.324 e. The Morgan fingerprint density at radius 3 is 2.54 bits per heavy atom. The van der Waals surface area contributed by atoms with Crippen LogP contribution in [0.1, 0.15) is 10.4 Å². The van der Waals surface area contributed by atoms with Crippen LogP contribution in [-0.4, -0.2) is 34.4 Å². The molecular formula is C17H14Cl2N2O2S. The molecule has 0 radical (unpaired) electrons. The molecule has 3 rings (SSSR count). The van der Waals surface area contributed by atoms with Crippen LogP contribution in [0.5, 0.6) is 0 Å². The first kappa shape index (κ1) is 17.1. The Balaban J connectivity index is 1.74. The first-order valence-electron chi connectivity index (χ1n) is 7.26. The third kappa shape index (κ3) is 3.69. The van der Waals surface area contributed by atoms with Gasteiger partial charge in [-0.2, -0.15) is 0 Å². The van der Waals surface area contributed by atoms with Crippen LogP contribution in [0.3, 0.4) is 0 Å². The summed E-state index contributed by atoms with van der Waals surface area (Å²) in [7, 11) is 0. The lowest BCUT2D eigenvalue weighted by Crippen LogP contribution is -2.44. The zero-order valence-electron chi connectivity index (χ0n) is 12.5. The predicted molar refractivity (Wildman–Crippen MR) is 98.8 cm³/mol. The molecule has 1 saturated heterocycles. The van der Waals surface area contributed by atoms with Crippen molar-refractivity contribution in [1.29, 1.82) is 0 Å². The number of anilines is 1. The third-order valence-electron chi connectivity index (χ3n) is 3.65. The highest BCUT2D eigenvalue weighted by molar-refractivity contribution is 7.99. The lowest BCUT2D eigenvalue weighted by molar-refractivity contribution is -0.119. The van der Waals surface area contributed by atoms with Crippen LogP contribution in [0.2, 0.25) is 10.0 Å². The standard InChI is InChI=1S/C17H14Cl2N2O2S/c18-13-7-6-12(8-14(13)19)20-16(22)15-9-24-10-21(15)17(23)11-4-2-1-3-5-11/h1-8,15H,9-10H2,(H,20,22). The summed E-state index contributed by atoms with van der Waals surface area (Å²) < 4.78 is 0. The van der Waals surface area contributed by atoms with Crippen molar-refractivity contribution in [2.45, 2.75) is 6.04 Å². The van der Waals surface area contributed by atoms with Crippen molar-refractivity contribution in [2.75, 3.05) is 16.9 Å². The third-order valence-corrected chi connectivity index (χ3v) is 5.40. The summed E-state index contributed by atoms with van der Waals surface area (Å²) in [5.41, 5.74) is 1.13. The van der Waals surface area contributed by atoms with E-state index in [1.165, 1.54) is 0 Å². The second-order valence-electron chi connectivity index (χ2n) is 5.27. The van der Waals surface area contributed by atoms with E-state index in [0.29, 0.717) is 32.9 Å². The topological polar surface area (TPSA) is 49.4 Å². The quantitative estimate of drug-likeness (QED) is 0.869. The van der Waals surface area contributed by atoms with Gasteiger partial charge < -0.3 is 10.2 Å². The predicted octanol–water partition coefficient (Wildman–Crippen LogP) is 4.15. The van der Waals surface area contributed by atoms with Crippen molar-refractivity contribution in [3.8, 4) is 0 Å². The highest BCUT2D eigenvalue weighted by Gasteiger charge is 2.35. The van der Waals surface area contributed by atoms with E-state index in [1.54, 1.807) is 59.1 Å². The van der Waals surface area contributed by atoms with Crippen LogP contribution in [0, 0.1) is 0 Å². The van der Waals surface area contributed by atoms with Crippen LogP contribution in [0.4, 0.5) is 5.69 Å². The molecule has 1 unspecified atom stereocenters. The van der Waals surface area contributed by atoms with Crippen LogP contribution in [0.25, 0.3) is 0 Å². The lowest BCUT2D eigenvalue weighted by atomic mass is 10.1. The Bertz CT molecular complexity index is 770. The Morgan fingerprint density at radius 1 is 1.08 bits per heavy atom. The molecule has 1 N–H and O–H groups in total. The van der Waals surface area contributed by atoms with Gasteiger partial charge in [-0.05, 0) is 30.3 Å². The second kappa shape index (κ2) is 7.47. The molecule has 7 heteroatoms. The van der Waals surface area contributed by atoms with Gasteiger partial charge in [-0.15, -0.1) is 11.8 Å². The summed E-state index contributed by atoms with van der Waals surface area (Å²) >= 11 is 13.4. The fourth-order valence-corrected chi connectivity index (χ4v) is 3.86. The molecule has 4 nitrogen and oxygen atoms in total. The van der Waals surface area contributed by atoms with E-state index >= 15 is 0 Å². The number of hydrogen-bond acceptors (Lipinski definition) is 3. The van der Waals surface area contributed by atoms with Crippen molar-refractivity contribution in [1.82, 2.24) is 4.90 Å². The number of benzene rings is 2. The summed E-state index contributed by atoms with van der Waals surface area (Å²) in [5, 5.41) is 3.59. The Morgan fingerprint density at radius 2 is 1.83 bits per heavy atom. The number of hydrogen-bond donors (Lipinski definition) is 1. The number of amides is 2. The van der Waals surface area contributed by atoms with Gasteiger partial charge in [0.25, 0.3) is 5.91 Å². The molecule has 2 aromatic carbocycles. The van der Waals surface area contributed by atoms with Crippen LogP contribution < -0.4 is 5.32 Å². The van der Waals surface area contributed by atoms with Crippen molar-refractivity contribution >= 4 is 52.5 Å².